The minimum atomic E-state index is 0.850. The molecular weight excluding hydrogens is 180 g/mol. The van der Waals surface area contributed by atoms with E-state index in [4.69, 9.17) is 0 Å². The summed E-state index contributed by atoms with van der Waals surface area (Å²) in [5.41, 5.74) is 0. The van der Waals surface area contributed by atoms with Gasteiger partial charge in [-0.3, -0.25) is 0 Å². The maximum absolute atomic E-state index is 3.79. The van der Waals surface area contributed by atoms with Crippen molar-refractivity contribution in [2.45, 2.75) is 78.1 Å². The summed E-state index contributed by atoms with van der Waals surface area (Å²) in [4.78, 5) is 0. The fourth-order valence-electron chi connectivity index (χ4n) is 2.03. The van der Waals surface area contributed by atoms with Crippen LogP contribution in [0.15, 0.2) is 12.7 Å². The molecule has 0 amide bonds. The van der Waals surface area contributed by atoms with Crippen LogP contribution in [0.2, 0.25) is 0 Å². The van der Waals surface area contributed by atoms with Crippen molar-refractivity contribution in [1.82, 2.24) is 0 Å². The first-order chi connectivity index (χ1) is 7.31. The van der Waals surface area contributed by atoms with Crippen molar-refractivity contribution in [2.24, 2.45) is 5.92 Å². The second kappa shape index (κ2) is 11.8. The minimum Gasteiger partial charge on any atom is -0.103 e. The summed E-state index contributed by atoms with van der Waals surface area (Å²) in [6.07, 6.45) is 16.1. The molecule has 0 aromatic heterocycles. The Kier molecular flexibility index (Phi) is 11.6. The van der Waals surface area contributed by atoms with Crippen LogP contribution in [-0.4, -0.2) is 0 Å². The Bertz CT molecular complexity index is 126. The molecule has 1 unspecified atom stereocenters. The van der Waals surface area contributed by atoms with E-state index in [1.807, 2.05) is 0 Å². The molecule has 0 aromatic carbocycles. The standard InChI is InChI=1S/C15H30/c1-4-6-7-8-9-10-11-12-14-15(3)13-5-2/h5,15H,2,4,6-14H2,1,3H3. The lowest BCUT2D eigenvalue weighted by molar-refractivity contribution is 0.484. The van der Waals surface area contributed by atoms with Gasteiger partial charge >= 0.3 is 0 Å². The molecule has 0 N–H and O–H groups in total. The Morgan fingerprint density at radius 1 is 0.933 bits per heavy atom. The van der Waals surface area contributed by atoms with Crippen LogP contribution < -0.4 is 0 Å². The van der Waals surface area contributed by atoms with E-state index in [2.05, 4.69) is 26.5 Å². The second-order valence-electron chi connectivity index (χ2n) is 4.89. The van der Waals surface area contributed by atoms with Gasteiger partial charge in [-0.1, -0.05) is 77.7 Å². The minimum absolute atomic E-state index is 0.850. The summed E-state index contributed by atoms with van der Waals surface area (Å²) in [7, 11) is 0. The Hall–Kier alpha value is -0.260. The van der Waals surface area contributed by atoms with Gasteiger partial charge in [0.05, 0.1) is 0 Å². The molecule has 0 heteroatoms. The van der Waals surface area contributed by atoms with Gasteiger partial charge in [-0.25, -0.2) is 0 Å². The lowest BCUT2D eigenvalue weighted by Crippen LogP contribution is -1.92. The Morgan fingerprint density at radius 3 is 2.00 bits per heavy atom. The van der Waals surface area contributed by atoms with Crippen molar-refractivity contribution in [2.75, 3.05) is 0 Å². The van der Waals surface area contributed by atoms with Gasteiger partial charge in [0, 0.05) is 0 Å². The fraction of sp³-hybridized carbons (Fsp3) is 0.867. The van der Waals surface area contributed by atoms with Gasteiger partial charge in [-0.15, -0.1) is 6.58 Å². The predicted molar refractivity (Wildman–Crippen MR) is 71.2 cm³/mol. The van der Waals surface area contributed by atoms with Crippen LogP contribution in [0.1, 0.15) is 78.1 Å². The lowest BCUT2D eigenvalue weighted by Gasteiger charge is -2.07. The average Bonchev–Trinajstić information content (AvgIpc) is 2.22. The zero-order valence-electron chi connectivity index (χ0n) is 10.9. The molecular formula is C15H30. The number of hydrogen-bond acceptors (Lipinski definition) is 0. The van der Waals surface area contributed by atoms with Gasteiger partial charge in [-0.2, -0.15) is 0 Å². The van der Waals surface area contributed by atoms with Crippen LogP contribution in [0.5, 0.6) is 0 Å². The largest absolute Gasteiger partial charge is 0.103 e. The molecule has 0 aliphatic rings. The molecule has 0 saturated carbocycles. The highest BCUT2D eigenvalue weighted by molar-refractivity contribution is 4.70. The molecule has 0 spiro atoms. The van der Waals surface area contributed by atoms with E-state index < -0.39 is 0 Å². The summed E-state index contributed by atoms with van der Waals surface area (Å²) in [6.45, 7) is 8.40. The Balaban J connectivity index is 3.01. The molecule has 0 saturated heterocycles. The normalized spacial score (nSPS) is 12.7. The molecule has 90 valence electrons. The molecule has 0 aliphatic heterocycles. The SMILES string of the molecule is C=CCC(C)CCCCCCCCCC. The van der Waals surface area contributed by atoms with Crippen molar-refractivity contribution in [3.8, 4) is 0 Å². The molecule has 0 rings (SSSR count). The van der Waals surface area contributed by atoms with Crippen LogP contribution in [0.4, 0.5) is 0 Å². The number of allylic oxidation sites excluding steroid dienone is 1. The molecule has 0 nitrogen and oxygen atoms in total. The van der Waals surface area contributed by atoms with Gasteiger partial charge < -0.3 is 0 Å². The third-order valence-corrected chi connectivity index (χ3v) is 3.12. The molecule has 1 atom stereocenters. The van der Waals surface area contributed by atoms with Crippen molar-refractivity contribution >= 4 is 0 Å². The van der Waals surface area contributed by atoms with Gasteiger partial charge in [0.2, 0.25) is 0 Å². The molecule has 0 heterocycles. The van der Waals surface area contributed by atoms with E-state index in [1.165, 1.54) is 64.2 Å². The van der Waals surface area contributed by atoms with E-state index >= 15 is 0 Å². The van der Waals surface area contributed by atoms with E-state index in [-0.39, 0.29) is 0 Å². The van der Waals surface area contributed by atoms with Crippen LogP contribution in [0, 0.1) is 5.92 Å². The maximum Gasteiger partial charge on any atom is -0.0328 e. The third-order valence-electron chi connectivity index (χ3n) is 3.12. The van der Waals surface area contributed by atoms with Crippen molar-refractivity contribution in [3.63, 3.8) is 0 Å². The number of unbranched alkanes of at least 4 members (excludes halogenated alkanes) is 7. The van der Waals surface area contributed by atoms with E-state index in [9.17, 15) is 0 Å². The van der Waals surface area contributed by atoms with Crippen molar-refractivity contribution in [3.05, 3.63) is 12.7 Å². The predicted octanol–water partition coefficient (Wildman–Crippen LogP) is 5.73. The van der Waals surface area contributed by atoms with Gasteiger partial charge in [0.15, 0.2) is 0 Å². The van der Waals surface area contributed by atoms with E-state index in [0.29, 0.717) is 0 Å². The van der Waals surface area contributed by atoms with Gasteiger partial charge in [0.25, 0.3) is 0 Å². The van der Waals surface area contributed by atoms with Crippen LogP contribution in [-0.2, 0) is 0 Å². The molecule has 0 aromatic rings. The topological polar surface area (TPSA) is 0 Å². The van der Waals surface area contributed by atoms with Crippen LogP contribution >= 0.6 is 0 Å². The Morgan fingerprint density at radius 2 is 1.47 bits per heavy atom. The smallest absolute Gasteiger partial charge is 0.0328 e. The molecule has 0 bridgehead atoms. The first kappa shape index (κ1) is 14.7. The first-order valence-corrected chi connectivity index (χ1v) is 6.92. The lowest BCUT2D eigenvalue weighted by atomic mass is 9.99. The first-order valence-electron chi connectivity index (χ1n) is 6.92. The highest BCUT2D eigenvalue weighted by Crippen LogP contribution is 2.15. The van der Waals surface area contributed by atoms with Crippen molar-refractivity contribution < 1.29 is 0 Å². The molecule has 0 radical (unpaired) electrons. The monoisotopic (exact) mass is 210 g/mol. The van der Waals surface area contributed by atoms with Gasteiger partial charge in [-0.05, 0) is 12.3 Å². The van der Waals surface area contributed by atoms with E-state index in [1.54, 1.807) is 0 Å². The fourth-order valence-corrected chi connectivity index (χ4v) is 2.03. The van der Waals surface area contributed by atoms with Crippen molar-refractivity contribution in [1.29, 1.82) is 0 Å². The summed E-state index contributed by atoms with van der Waals surface area (Å²) in [5, 5.41) is 0. The summed E-state index contributed by atoms with van der Waals surface area (Å²) in [5.74, 6) is 0.850. The quantitative estimate of drug-likeness (QED) is 0.302. The maximum atomic E-state index is 3.79. The van der Waals surface area contributed by atoms with Crippen LogP contribution in [0.3, 0.4) is 0 Å². The summed E-state index contributed by atoms with van der Waals surface area (Å²) in [6, 6.07) is 0. The number of rotatable bonds is 11. The highest BCUT2D eigenvalue weighted by atomic mass is 14.0. The summed E-state index contributed by atoms with van der Waals surface area (Å²) >= 11 is 0. The van der Waals surface area contributed by atoms with E-state index in [0.717, 1.165) is 5.92 Å². The average molecular weight is 210 g/mol. The second-order valence-corrected chi connectivity index (χ2v) is 4.89. The molecule has 15 heavy (non-hydrogen) atoms. The van der Waals surface area contributed by atoms with Gasteiger partial charge in [0.1, 0.15) is 0 Å². The Labute approximate surface area is 97.2 Å². The number of hydrogen-bond donors (Lipinski definition) is 0. The van der Waals surface area contributed by atoms with Crippen LogP contribution in [0.25, 0.3) is 0 Å². The summed E-state index contributed by atoms with van der Waals surface area (Å²) < 4.78 is 0. The molecule has 0 fully saturated rings. The zero-order valence-corrected chi connectivity index (χ0v) is 10.9. The highest BCUT2D eigenvalue weighted by Gasteiger charge is 1.98. The molecule has 0 aliphatic carbocycles. The zero-order chi connectivity index (χ0) is 11.4. The third kappa shape index (κ3) is 11.7.